The van der Waals surface area contributed by atoms with E-state index in [1.54, 1.807) is 4.68 Å². The number of aromatic nitrogens is 3. The highest BCUT2D eigenvalue weighted by molar-refractivity contribution is 5.64. The van der Waals surface area contributed by atoms with Gasteiger partial charge in [-0.25, -0.2) is 4.68 Å². The molecule has 0 aliphatic carbocycles. The van der Waals surface area contributed by atoms with E-state index >= 15 is 0 Å². The van der Waals surface area contributed by atoms with E-state index in [1.807, 2.05) is 44.2 Å². The lowest BCUT2D eigenvalue weighted by Gasteiger charge is -2.09. The van der Waals surface area contributed by atoms with E-state index in [4.69, 9.17) is 5.26 Å². The number of rotatable bonds is 2. The number of hydrogen-bond acceptors (Lipinski definition) is 3. The van der Waals surface area contributed by atoms with Crippen molar-refractivity contribution in [2.24, 2.45) is 0 Å². The summed E-state index contributed by atoms with van der Waals surface area (Å²) >= 11 is 0. The monoisotopic (exact) mass is 212 g/mol. The summed E-state index contributed by atoms with van der Waals surface area (Å²) in [4.78, 5) is 0. The van der Waals surface area contributed by atoms with Crippen LogP contribution in [-0.4, -0.2) is 15.0 Å². The maximum Gasteiger partial charge on any atom is 0.190 e. The Balaban J connectivity index is 2.63. The average molecular weight is 212 g/mol. The summed E-state index contributed by atoms with van der Waals surface area (Å²) in [5.74, 6) is 0. The molecule has 0 radical (unpaired) electrons. The first kappa shape index (κ1) is 10.4. The molecule has 0 aliphatic heterocycles. The van der Waals surface area contributed by atoms with Gasteiger partial charge in [0.1, 0.15) is 11.8 Å². The van der Waals surface area contributed by atoms with Gasteiger partial charge in [-0.2, -0.15) is 5.26 Å². The zero-order valence-corrected chi connectivity index (χ0v) is 9.25. The van der Waals surface area contributed by atoms with Gasteiger partial charge in [-0.05, 0) is 13.8 Å². The average Bonchev–Trinajstić information content (AvgIpc) is 2.73. The van der Waals surface area contributed by atoms with Crippen LogP contribution in [0.4, 0.5) is 0 Å². The van der Waals surface area contributed by atoms with Crippen LogP contribution in [0.3, 0.4) is 0 Å². The Labute approximate surface area is 94.1 Å². The van der Waals surface area contributed by atoms with Gasteiger partial charge in [0.25, 0.3) is 0 Å². The van der Waals surface area contributed by atoms with E-state index in [1.165, 1.54) is 0 Å². The normalized spacial score (nSPS) is 10.4. The zero-order valence-electron chi connectivity index (χ0n) is 9.25. The third kappa shape index (κ3) is 1.68. The predicted octanol–water partition coefficient (Wildman–Crippen LogP) is 2.40. The molecule has 2 rings (SSSR count). The molecule has 0 saturated heterocycles. The fourth-order valence-electron chi connectivity index (χ4n) is 1.60. The second-order valence-corrected chi connectivity index (χ2v) is 3.80. The molecular weight excluding hydrogens is 200 g/mol. The third-order valence-electron chi connectivity index (χ3n) is 2.34. The molecule has 4 nitrogen and oxygen atoms in total. The third-order valence-corrected chi connectivity index (χ3v) is 2.34. The summed E-state index contributed by atoms with van der Waals surface area (Å²) in [5, 5.41) is 16.9. The predicted molar refractivity (Wildman–Crippen MR) is 60.6 cm³/mol. The topological polar surface area (TPSA) is 54.5 Å². The molecule has 0 spiro atoms. The Kier molecular flexibility index (Phi) is 2.69. The molecule has 0 saturated carbocycles. The minimum Gasteiger partial charge on any atom is -0.241 e. The van der Waals surface area contributed by atoms with Crippen LogP contribution < -0.4 is 0 Å². The Morgan fingerprint density at radius 2 is 1.94 bits per heavy atom. The van der Waals surface area contributed by atoms with Gasteiger partial charge in [0.2, 0.25) is 0 Å². The van der Waals surface area contributed by atoms with E-state index in [0.717, 1.165) is 11.3 Å². The molecule has 16 heavy (non-hydrogen) atoms. The van der Waals surface area contributed by atoms with Crippen molar-refractivity contribution < 1.29 is 0 Å². The second kappa shape index (κ2) is 4.15. The largest absolute Gasteiger partial charge is 0.241 e. The minimum absolute atomic E-state index is 0.185. The number of benzene rings is 1. The molecule has 1 heterocycles. The van der Waals surface area contributed by atoms with E-state index in [0.29, 0.717) is 5.69 Å². The first-order chi connectivity index (χ1) is 7.74. The molecule has 1 aromatic heterocycles. The zero-order chi connectivity index (χ0) is 11.5. The van der Waals surface area contributed by atoms with E-state index in [2.05, 4.69) is 16.4 Å². The summed E-state index contributed by atoms with van der Waals surface area (Å²) in [5.41, 5.74) is 2.13. The molecule has 0 N–H and O–H groups in total. The van der Waals surface area contributed by atoms with E-state index < -0.39 is 0 Å². The van der Waals surface area contributed by atoms with Crippen molar-refractivity contribution in [1.82, 2.24) is 15.0 Å². The van der Waals surface area contributed by atoms with Crippen LogP contribution in [0.15, 0.2) is 30.3 Å². The van der Waals surface area contributed by atoms with Crippen molar-refractivity contribution in [2.75, 3.05) is 0 Å². The highest BCUT2D eigenvalue weighted by atomic mass is 15.4. The van der Waals surface area contributed by atoms with Crippen LogP contribution in [0.1, 0.15) is 25.6 Å². The van der Waals surface area contributed by atoms with Crippen LogP contribution in [0.25, 0.3) is 11.3 Å². The lowest BCUT2D eigenvalue weighted by molar-refractivity contribution is 0.519. The van der Waals surface area contributed by atoms with Gasteiger partial charge < -0.3 is 0 Å². The van der Waals surface area contributed by atoms with Crippen molar-refractivity contribution in [2.45, 2.75) is 19.9 Å². The van der Waals surface area contributed by atoms with Gasteiger partial charge in [-0.1, -0.05) is 35.5 Å². The maximum atomic E-state index is 9.01. The number of hydrogen-bond donors (Lipinski definition) is 0. The first-order valence-electron chi connectivity index (χ1n) is 5.14. The smallest absolute Gasteiger partial charge is 0.190 e. The van der Waals surface area contributed by atoms with Crippen LogP contribution in [0.5, 0.6) is 0 Å². The fourth-order valence-corrected chi connectivity index (χ4v) is 1.60. The van der Waals surface area contributed by atoms with Gasteiger partial charge in [0.15, 0.2) is 5.69 Å². The Morgan fingerprint density at radius 1 is 1.25 bits per heavy atom. The highest BCUT2D eigenvalue weighted by Gasteiger charge is 2.15. The Hall–Kier alpha value is -2.15. The first-order valence-corrected chi connectivity index (χ1v) is 5.14. The molecule has 0 aliphatic rings. The molecule has 80 valence electrons. The van der Waals surface area contributed by atoms with Crippen molar-refractivity contribution in [1.29, 1.82) is 5.26 Å². The molecule has 0 unspecified atom stereocenters. The summed E-state index contributed by atoms with van der Waals surface area (Å²) in [7, 11) is 0. The van der Waals surface area contributed by atoms with Gasteiger partial charge in [-0.3, -0.25) is 0 Å². The van der Waals surface area contributed by atoms with Crippen molar-refractivity contribution in [3.05, 3.63) is 36.0 Å². The summed E-state index contributed by atoms with van der Waals surface area (Å²) in [6.07, 6.45) is 0. The standard InChI is InChI=1S/C12H12N4/c1-9(2)16-12(11(8-13)14-15-16)10-6-4-3-5-7-10/h3-7,9H,1-2H3. The van der Waals surface area contributed by atoms with Crippen molar-refractivity contribution in [3.8, 4) is 17.3 Å². The Bertz CT molecular complexity index is 520. The van der Waals surface area contributed by atoms with Crippen molar-refractivity contribution >= 4 is 0 Å². The lowest BCUT2D eigenvalue weighted by Crippen LogP contribution is -2.05. The molecule has 0 fully saturated rings. The second-order valence-electron chi connectivity index (χ2n) is 3.80. The maximum absolute atomic E-state index is 9.01. The molecule has 2 aromatic rings. The molecule has 4 heteroatoms. The lowest BCUT2D eigenvalue weighted by atomic mass is 10.1. The van der Waals surface area contributed by atoms with E-state index in [9.17, 15) is 0 Å². The van der Waals surface area contributed by atoms with Crippen LogP contribution in [-0.2, 0) is 0 Å². The van der Waals surface area contributed by atoms with Crippen LogP contribution >= 0.6 is 0 Å². The molecular formula is C12H12N4. The molecule has 1 aromatic carbocycles. The number of nitrogens with zero attached hydrogens (tertiary/aromatic N) is 4. The summed E-state index contributed by atoms with van der Waals surface area (Å²) in [6.45, 7) is 4.03. The van der Waals surface area contributed by atoms with Gasteiger partial charge in [-0.15, -0.1) is 5.10 Å². The quantitative estimate of drug-likeness (QED) is 0.768. The number of nitriles is 1. The summed E-state index contributed by atoms with van der Waals surface area (Å²) in [6, 6.07) is 12.0. The molecule has 0 bridgehead atoms. The Morgan fingerprint density at radius 3 is 2.50 bits per heavy atom. The van der Waals surface area contributed by atoms with Crippen LogP contribution in [0, 0.1) is 11.3 Å². The van der Waals surface area contributed by atoms with Gasteiger partial charge >= 0.3 is 0 Å². The van der Waals surface area contributed by atoms with Gasteiger partial charge in [0, 0.05) is 11.6 Å². The van der Waals surface area contributed by atoms with E-state index in [-0.39, 0.29) is 6.04 Å². The SMILES string of the molecule is CC(C)n1nnc(C#N)c1-c1ccccc1. The molecule has 0 atom stereocenters. The fraction of sp³-hybridized carbons (Fsp3) is 0.250. The van der Waals surface area contributed by atoms with Crippen LogP contribution in [0.2, 0.25) is 0 Å². The summed E-state index contributed by atoms with van der Waals surface area (Å²) < 4.78 is 1.77. The minimum atomic E-state index is 0.185. The van der Waals surface area contributed by atoms with Crippen molar-refractivity contribution in [3.63, 3.8) is 0 Å². The van der Waals surface area contributed by atoms with Gasteiger partial charge in [0.05, 0.1) is 0 Å². The highest BCUT2D eigenvalue weighted by Crippen LogP contribution is 2.23. The molecule has 0 amide bonds.